The first-order valence-corrected chi connectivity index (χ1v) is 10.6. The van der Waals surface area contributed by atoms with Crippen molar-refractivity contribution in [3.63, 3.8) is 0 Å². The number of hydrogen-bond donors (Lipinski definition) is 1. The first-order chi connectivity index (χ1) is 15.2. The maximum atomic E-state index is 12.9. The Morgan fingerprint density at radius 2 is 1.42 bits per heavy atom. The van der Waals surface area contributed by atoms with Gasteiger partial charge in [0.05, 0.1) is 5.56 Å². The molecule has 0 spiro atoms. The van der Waals surface area contributed by atoms with Crippen molar-refractivity contribution >= 4 is 27.5 Å². The van der Waals surface area contributed by atoms with Crippen molar-refractivity contribution in [1.82, 2.24) is 0 Å². The molecule has 0 aliphatic carbocycles. The molecule has 31 heavy (non-hydrogen) atoms. The van der Waals surface area contributed by atoms with Crippen molar-refractivity contribution in [2.45, 2.75) is 6.61 Å². The van der Waals surface area contributed by atoms with Crippen LogP contribution in [0.5, 0.6) is 17.2 Å². The van der Waals surface area contributed by atoms with Crippen LogP contribution >= 0.6 is 15.9 Å². The molecular formula is C26H20BrNO3. The van der Waals surface area contributed by atoms with Gasteiger partial charge in [-0.1, -0.05) is 64.5 Å². The summed E-state index contributed by atoms with van der Waals surface area (Å²) in [4.78, 5) is 12.9. The van der Waals surface area contributed by atoms with E-state index in [0.29, 0.717) is 29.4 Å². The molecule has 0 heterocycles. The van der Waals surface area contributed by atoms with Crippen LogP contribution in [0.1, 0.15) is 15.9 Å². The molecule has 0 saturated carbocycles. The number of anilines is 1. The van der Waals surface area contributed by atoms with Gasteiger partial charge in [0, 0.05) is 10.2 Å². The highest BCUT2D eigenvalue weighted by Gasteiger charge is 2.14. The van der Waals surface area contributed by atoms with E-state index >= 15 is 0 Å². The van der Waals surface area contributed by atoms with E-state index in [1.54, 1.807) is 24.3 Å². The molecular weight excluding hydrogens is 454 g/mol. The molecule has 154 valence electrons. The van der Waals surface area contributed by atoms with Crippen LogP contribution in [0.25, 0.3) is 0 Å². The minimum absolute atomic E-state index is 0.249. The Balaban J connectivity index is 1.44. The largest absolute Gasteiger partial charge is 0.488 e. The smallest absolute Gasteiger partial charge is 0.259 e. The van der Waals surface area contributed by atoms with Gasteiger partial charge < -0.3 is 14.8 Å². The van der Waals surface area contributed by atoms with Crippen LogP contribution in [-0.2, 0) is 6.61 Å². The Labute approximate surface area is 189 Å². The summed E-state index contributed by atoms with van der Waals surface area (Å²) in [6, 6.07) is 32.0. The second-order valence-corrected chi connectivity index (χ2v) is 7.72. The number of amides is 1. The van der Waals surface area contributed by atoms with E-state index in [9.17, 15) is 4.79 Å². The molecule has 0 unspecified atom stereocenters. The predicted molar refractivity (Wildman–Crippen MR) is 126 cm³/mol. The molecule has 0 aliphatic heterocycles. The van der Waals surface area contributed by atoms with Crippen molar-refractivity contribution in [3.05, 3.63) is 119 Å². The average molecular weight is 474 g/mol. The Morgan fingerprint density at radius 3 is 2.13 bits per heavy atom. The molecule has 1 N–H and O–H groups in total. The van der Waals surface area contributed by atoms with Gasteiger partial charge in [0.2, 0.25) is 0 Å². The van der Waals surface area contributed by atoms with Crippen LogP contribution in [0.15, 0.2) is 108 Å². The summed E-state index contributed by atoms with van der Waals surface area (Å²) in [6.07, 6.45) is 0. The molecule has 4 nitrogen and oxygen atoms in total. The highest BCUT2D eigenvalue weighted by atomic mass is 79.9. The van der Waals surface area contributed by atoms with Gasteiger partial charge in [-0.3, -0.25) is 4.79 Å². The zero-order valence-corrected chi connectivity index (χ0v) is 18.2. The fourth-order valence-electron chi connectivity index (χ4n) is 2.97. The first-order valence-electron chi connectivity index (χ1n) is 9.78. The lowest BCUT2D eigenvalue weighted by molar-refractivity contribution is 0.102. The van der Waals surface area contributed by atoms with E-state index in [4.69, 9.17) is 9.47 Å². The molecule has 0 radical (unpaired) electrons. The van der Waals surface area contributed by atoms with Gasteiger partial charge in [0.15, 0.2) is 0 Å². The molecule has 4 aromatic carbocycles. The van der Waals surface area contributed by atoms with E-state index in [0.717, 1.165) is 15.8 Å². The number of benzene rings is 4. The third-order valence-electron chi connectivity index (χ3n) is 4.51. The molecule has 0 fully saturated rings. The van der Waals surface area contributed by atoms with Gasteiger partial charge in [-0.2, -0.15) is 0 Å². The summed E-state index contributed by atoms with van der Waals surface area (Å²) in [5, 5.41) is 2.92. The summed E-state index contributed by atoms with van der Waals surface area (Å²) in [5.41, 5.74) is 2.15. The van der Waals surface area contributed by atoms with Gasteiger partial charge in [-0.25, -0.2) is 0 Å². The summed E-state index contributed by atoms with van der Waals surface area (Å²) < 4.78 is 12.5. The van der Waals surface area contributed by atoms with E-state index in [1.165, 1.54) is 0 Å². The molecule has 0 aliphatic rings. The lowest BCUT2D eigenvalue weighted by Crippen LogP contribution is -2.13. The number of hydrogen-bond acceptors (Lipinski definition) is 3. The van der Waals surface area contributed by atoms with Crippen LogP contribution < -0.4 is 14.8 Å². The van der Waals surface area contributed by atoms with E-state index in [1.807, 2.05) is 78.9 Å². The van der Waals surface area contributed by atoms with E-state index in [-0.39, 0.29) is 5.91 Å². The molecule has 0 saturated heterocycles. The van der Waals surface area contributed by atoms with Gasteiger partial charge in [0.25, 0.3) is 5.91 Å². The molecule has 0 atom stereocenters. The standard InChI is InChI=1S/C26H20BrNO3/c27-20-11-16-25(30-18-19-7-3-1-4-8-19)24(17-20)26(29)28-21-12-14-23(15-13-21)31-22-9-5-2-6-10-22/h1-17H,18H2,(H,28,29). The number of ether oxygens (including phenoxy) is 2. The summed E-state index contributed by atoms with van der Waals surface area (Å²) in [5.74, 6) is 1.72. The number of rotatable bonds is 7. The fraction of sp³-hybridized carbons (Fsp3) is 0.0385. The molecule has 5 heteroatoms. The zero-order chi connectivity index (χ0) is 21.5. The Bertz CT molecular complexity index is 1150. The molecule has 4 rings (SSSR count). The quantitative estimate of drug-likeness (QED) is 0.312. The van der Waals surface area contributed by atoms with E-state index < -0.39 is 0 Å². The van der Waals surface area contributed by atoms with Crippen molar-refractivity contribution in [2.24, 2.45) is 0 Å². The number of para-hydroxylation sites is 1. The highest BCUT2D eigenvalue weighted by Crippen LogP contribution is 2.27. The van der Waals surface area contributed by atoms with Gasteiger partial charge >= 0.3 is 0 Å². The summed E-state index contributed by atoms with van der Waals surface area (Å²) in [7, 11) is 0. The number of carbonyl (C=O) groups is 1. The zero-order valence-electron chi connectivity index (χ0n) is 16.6. The third kappa shape index (κ3) is 5.74. The average Bonchev–Trinajstić information content (AvgIpc) is 2.81. The van der Waals surface area contributed by atoms with Gasteiger partial charge in [-0.15, -0.1) is 0 Å². The maximum absolute atomic E-state index is 12.9. The number of nitrogens with one attached hydrogen (secondary N) is 1. The minimum Gasteiger partial charge on any atom is -0.488 e. The lowest BCUT2D eigenvalue weighted by atomic mass is 10.1. The predicted octanol–water partition coefficient (Wildman–Crippen LogP) is 7.07. The van der Waals surface area contributed by atoms with E-state index in [2.05, 4.69) is 21.2 Å². The first kappa shape index (κ1) is 20.7. The molecule has 0 bridgehead atoms. The second-order valence-electron chi connectivity index (χ2n) is 6.81. The van der Waals surface area contributed by atoms with Crippen molar-refractivity contribution in [2.75, 3.05) is 5.32 Å². The van der Waals surface area contributed by atoms with Crippen molar-refractivity contribution in [3.8, 4) is 17.2 Å². The number of halogens is 1. The lowest BCUT2D eigenvalue weighted by Gasteiger charge is -2.13. The Hall–Kier alpha value is -3.57. The Morgan fingerprint density at radius 1 is 0.774 bits per heavy atom. The second kappa shape index (κ2) is 9.96. The van der Waals surface area contributed by atoms with Crippen molar-refractivity contribution in [1.29, 1.82) is 0 Å². The fourth-order valence-corrected chi connectivity index (χ4v) is 3.33. The SMILES string of the molecule is O=C(Nc1ccc(Oc2ccccc2)cc1)c1cc(Br)ccc1OCc1ccccc1. The van der Waals surface area contributed by atoms with Crippen LogP contribution in [0, 0.1) is 0 Å². The maximum Gasteiger partial charge on any atom is 0.259 e. The molecule has 4 aromatic rings. The number of carbonyl (C=O) groups excluding carboxylic acids is 1. The molecule has 1 amide bonds. The summed E-state index contributed by atoms with van der Waals surface area (Å²) in [6.45, 7) is 0.383. The van der Waals surface area contributed by atoms with Crippen LogP contribution in [0.3, 0.4) is 0 Å². The highest BCUT2D eigenvalue weighted by molar-refractivity contribution is 9.10. The van der Waals surface area contributed by atoms with Crippen LogP contribution in [0.4, 0.5) is 5.69 Å². The van der Waals surface area contributed by atoms with Crippen LogP contribution in [0.2, 0.25) is 0 Å². The summed E-state index contributed by atoms with van der Waals surface area (Å²) >= 11 is 3.44. The monoisotopic (exact) mass is 473 g/mol. The third-order valence-corrected chi connectivity index (χ3v) is 5.01. The topological polar surface area (TPSA) is 47.6 Å². The normalized spacial score (nSPS) is 10.4. The van der Waals surface area contributed by atoms with Crippen molar-refractivity contribution < 1.29 is 14.3 Å². The molecule has 0 aromatic heterocycles. The minimum atomic E-state index is -0.249. The Kier molecular flexibility index (Phi) is 6.65. The van der Waals surface area contributed by atoms with Gasteiger partial charge in [0.1, 0.15) is 23.9 Å². The van der Waals surface area contributed by atoms with Crippen LogP contribution in [-0.4, -0.2) is 5.91 Å². The van der Waals surface area contributed by atoms with Gasteiger partial charge in [-0.05, 0) is 60.2 Å².